The lowest BCUT2D eigenvalue weighted by Crippen LogP contribution is -2.37. The van der Waals surface area contributed by atoms with E-state index in [2.05, 4.69) is 6.07 Å². The summed E-state index contributed by atoms with van der Waals surface area (Å²) in [5.41, 5.74) is 3.01. The molecule has 1 fully saturated rings. The Morgan fingerprint density at radius 3 is 2.32 bits per heavy atom. The highest BCUT2D eigenvalue weighted by atomic mass is 16.7. The first-order valence-electron chi connectivity index (χ1n) is 11.5. The van der Waals surface area contributed by atoms with Crippen LogP contribution in [-0.2, 0) is 20.5 Å². The summed E-state index contributed by atoms with van der Waals surface area (Å²) in [5, 5.41) is 19.9. The van der Waals surface area contributed by atoms with Crippen LogP contribution in [0.25, 0.3) is 0 Å². The van der Waals surface area contributed by atoms with Gasteiger partial charge in [-0.3, -0.25) is 0 Å². The van der Waals surface area contributed by atoms with Crippen molar-refractivity contribution in [1.82, 2.24) is 4.90 Å². The van der Waals surface area contributed by atoms with Gasteiger partial charge in [0.15, 0.2) is 0 Å². The van der Waals surface area contributed by atoms with E-state index in [1.165, 1.54) is 22.9 Å². The predicted molar refractivity (Wildman–Crippen MR) is 126 cm³/mol. The third-order valence-corrected chi connectivity index (χ3v) is 6.15. The summed E-state index contributed by atoms with van der Waals surface area (Å²) in [4.78, 5) is 1.43. The van der Waals surface area contributed by atoms with Gasteiger partial charge in [-0.25, -0.2) is 0 Å². The Labute approximate surface area is 199 Å². The maximum Gasteiger partial charge on any atom is 0.636 e. The average Bonchev–Trinajstić information content (AvgIpc) is 3.22. The number of aliphatic hydroxyl groups is 2. The summed E-state index contributed by atoms with van der Waals surface area (Å²) in [6.45, 7) is 1.50. The average molecular weight is 465 g/mol. The number of ether oxygens (including phenoxy) is 3. The molecule has 0 amide bonds. The van der Waals surface area contributed by atoms with E-state index in [1.807, 2.05) is 24.3 Å². The fourth-order valence-corrected chi connectivity index (χ4v) is 4.48. The Hall–Kier alpha value is -3.46. The molecule has 8 nitrogen and oxygen atoms in total. The second-order valence-corrected chi connectivity index (χ2v) is 8.64. The zero-order chi connectivity index (χ0) is 23.5. The number of benzene rings is 2. The van der Waals surface area contributed by atoms with Crippen molar-refractivity contribution < 1.29 is 33.7 Å². The predicted octanol–water partition coefficient (Wildman–Crippen LogP) is 3.70. The standard InChI is InChI=1S/C25H28BNO7/c1-27-15-24(28)33-26(34-25(29)16-27)17-5-7-18(8-6-17)31-23-10-9-21-20(23)3-2-4-22(21)32-19-11-13-30-14-12-19/h2-8,15-16,19,23,28-29H,9-14H2,1H3/b24-15-,25-16?. The molecule has 0 saturated carbocycles. The zero-order valence-electron chi connectivity index (χ0n) is 19.1. The Morgan fingerprint density at radius 1 is 0.912 bits per heavy atom. The van der Waals surface area contributed by atoms with Gasteiger partial charge in [-0.1, -0.05) is 24.3 Å². The molecule has 1 saturated heterocycles. The maximum atomic E-state index is 9.93. The lowest BCUT2D eigenvalue weighted by molar-refractivity contribution is 0.0252. The molecule has 2 aliphatic heterocycles. The van der Waals surface area contributed by atoms with Gasteiger partial charge >= 0.3 is 7.12 Å². The topological polar surface area (TPSA) is 89.9 Å². The molecule has 5 rings (SSSR count). The number of aliphatic hydroxyl groups excluding tert-OH is 2. The van der Waals surface area contributed by atoms with E-state index in [-0.39, 0.29) is 24.1 Å². The van der Waals surface area contributed by atoms with Crippen molar-refractivity contribution >= 4 is 12.6 Å². The lowest BCUT2D eigenvalue weighted by atomic mass is 9.79. The van der Waals surface area contributed by atoms with Crippen LogP contribution >= 0.6 is 0 Å². The van der Waals surface area contributed by atoms with Crippen LogP contribution in [0, 0.1) is 0 Å². The first-order chi connectivity index (χ1) is 16.5. The Morgan fingerprint density at radius 2 is 1.62 bits per heavy atom. The quantitative estimate of drug-likeness (QED) is 0.647. The van der Waals surface area contributed by atoms with Crippen molar-refractivity contribution in [2.24, 2.45) is 0 Å². The summed E-state index contributed by atoms with van der Waals surface area (Å²) >= 11 is 0. The van der Waals surface area contributed by atoms with Gasteiger partial charge in [0.2, 0.25) is 0 Å². The fourth-order valence-electron chi connectivity index (χ4n) is 4.48. The fraction of sp³-hybridized carbons (Fsp3) is 0.360. The van der Waals surface area contributed by atoms with Crippen molar-refractivity contribution in [2.75, 3.05) is 20.3 Å². The molecule has 2 aromatic rings. The number of nitrogens with zero attached hydrogens (tertiary/aromatic N) is 1. The minimum atomic E-state index is -0.993. The lowest BCUT2D eigenvalue weighted by Gasteiger charge is -2.24. The monoisotopic (exact) mass is 465 g/mol. The van der Waals surface area contributed by atoms with Gasteiger partial charge in [0, 0.05) is 30.9 Å². The van der Waals surface area contributed by atoms with E-state index in [9.17, 15) is 10.2 Å². The van der Waals surface area contributed by atoms with Gasteiger partial charge in [0.1, 0.15) is 23.7 Å². The summed E-state index contributed by atoms with van der Waals surface area (Å²) < 4.78 is 28.9. The third-order valence-electron chi connectivity index (χ3n) is 6.15. The summed E-state index contributed by atoms with van der Waals surface area (Å²) in [6.07, 6.45) is 6.45. The van der Waals surface area contributed by atoms with Crippen LogP contribution in [0.15, 0.2) is 66.8 Å². The smallest absolute Gasteiger partial charge is 0.494 e. The van der Waals surface area contributed by atoms with E-state index < -0.39 is 7.12 Å². The molecule has 9 heteroatoms. The summed E-state index contributed by atoms with van der Waals surface area (Å²) in [6, 6.07) is 13.4. The highest BCUT2D eigenvalue weighted by Gasteiger charge is 2.31. The Bertz CT molecular complexity index is 1040. The second kappa shape index (κ2) is 9.81. The van der Waals surface area contributed by atoms with E-state index in [0.29, 0.717) is 11.2 Å². The largest absolute Gasteiger partial charge is 0.636 e. The van der Waals surface area contributed by atoms with Crippen LogP contribution in [0.5, 0.6) is 11.5 Å². The molecule has 178 valence electrons. The molecule has 2 heterocycles. The summed E-state index contributed by atoms with van der Waals surface area (Å²) in [7, 11) is 0.639. The van der Waals surface area contributed by atoms with Crippen LogP contribution in [0.1, 0.15) is 36.5 Å². The molecule has 0 radical (unpaired) electrons. The van der Waals surface area contributed by atoms with Gasteiger partial charge in [-0.15, -0.1) is 0 Å². The minimum Gasteiger partial charge on any atom is -0.494 e. The van der Waals surface area contributed by atoms with Gasteiger partial charge < -0.3 is 38.6 Å². The number of hydrogen-bond donors (Lipinski definition) is 2. The first kappa shape index (κ1) is 22.3. The van der Waals surface area contributed by atoms with Crippen molar-refractivity contribution in [3.63, 3.8) is 0 Å². The highest BCUT2D eigenvalue weighted by molar-refractivity contribution is 6.61. The first-order valence-corrected chi connectivity index (χ1v) is 11.5. The molecule has 0 spiro atoms. The van der Waals surface area contributed by atoms with Crippen molar-refractivity contribution in [3.05, 3.63) is 77.9 Å². The third kappa shape index (κ3) is 5.04. The molecule has 2 N–H and O–H groups in total. The van der Waals surface area contributed by atoms with Gasteiger partial charge in [0.05, 0.1) is 25.6 Å². The molecular weight excluding hydrogens is 437 g/mol. The van der Waals surface area contributed by atoms with E-state index in [0.717, 1.165) is 50.2 Å². The van der Waals surface area contributed by atoms with Crippen LogP contribution < -0.4 is 14.9 Å². The number of hydrogen-bond acceptors (Lipinski definition) is 8. The van der Waals surface area contributed by atoms with Crippen LogP contribution in [0.3, 0.4) is 0 Å². The molecule has 0 aromatic heterocycles. The van der Waals surface area contributed by atoms with Gasteiger partial charge in [0.25, 0.3) is 11.9 Å². The number of fused-ring (bicyclic) bond motifs is 1. The number of rotatable bonds is 5. The van der Waals surface area contributed by atoms with Crippen LogP contribution in [0.4, 0.5) is 0 Å². The normalized spacial score (nSPS) is 22.3. The highest BCUT2D eigenvalue weighted by Crippen LogP contribution is 2.40. The van der Waals surface area contributed by atoms with E-state index in [1.54, 1.807) is 19.2 Å². The second-order valence-electron chi connectivity index (χ2n) is 8.64. The molecule has 34 heavy (non-hydrogen) atoms. The molecular formula is C25H28BNO7. The minimum absolute atomic E-state index is 0.0533. The van der Waals surface area contributed by atoms with Crippen molar-refractivity contribution in [1.29, 1.82) is 0 Å². The molecule has 1 aliphatic carbocycles. The van der Waals surface area contributed by atoms with Crippen LogP contribution in [0.2, 0.25) is 0 Å². The SMILES string of the molecule is CN1C=C(O)OB(c2ccc(OC3CCc4c(OC5CCOCC5)cccc43)cc2)O/C(O)=C\1. The maximum absolute atomic E-state index is 9.93. The van der Waals surface area contributed by atoms with Crippen LogP contribution in [-0.4, -0.2) is 48.6 Å². The molecule has 1 atom stereocenters. The van der Waals surface area contributed by atoms with E-state index in [4.69, 9.17) is 23.5 Å². The molecule has 3 aliphatic rings. The van der Waals surface area contributed by atoms with E-state index >= 15 is 0 Å². The van der Waals surface area contributed by atoms with Crippen molar-refractivity contribution in [2.45, 2.75) is 37.9 Å². The summed E-state index contributed by atoms with van der Waals surface area (Å²) in [5.74, 6) is 1.02. The molecule has 2 aromatic carbocycles. The van der Waals surface area contributed by atoms with Gasteiger partial charge in [-0.05, 0) is 36.6 Å². The molecule has 0 bridgehead atoms. The Balaban J connectivity index is 1.26. The Kier molecular flexibility index (Phi) is 6.44. The van der Waals surface area contributed by atoms with Crippen molar-refractivity contribution in [3.8, 4) is 11.5 Å². The zero-order valence-corrected chi connectivity index (χ0v) is 19.1. The molecule has 1 unspecified atom stereocenters. The van der Waals surface area contributed by atoms with Gasteiger partial charge in [-0.2, -0.15) is 0 Å².